The lowest BCUT2D eigenvalue weighted by Crippen LogP contribution is -2.50. The van der Waals surface area contributed by atoms with Crippen molar-refractivity contribution in [2.24, 2.45) is 0 Å². The molecule has 1 fully saturated rings. The summed E-state index contributed by atoms with van der Waals surface area (Å²) in [5.74, 6) is -0.530. The number of anilines is 1. The van der Waals surface area contributed by atoms with Crippen LogP contribution in [-0.2, 0) is 4.79 Å². The van der Waals surface area contributed by atoms with E-state index in [2.05, 4.69) is 0 Å². The maximum atomic E-state index is 14.3. The summed E-state index contributed by atoms with van der Waals surface area (Å²) in [7, 11) is 0. The Hall–Kier alpha value is -2.31. The van der Waals surface area contributed by atoms with E-state index in [-0.39, 0.29) is 24.0 Å². The van der Waals surface area contributed by atoms with Crippen LogP contribution in [0.4, 0.5) is 10.1 Å². The zero-order valence-corrected chi connectivity index (χ0v) is 16.8. The fraction of sp³-hybridized carbons (Fsp3) is 0.300. The van der Waals surface area contributed by atoms with Crippen LogP contribution in [0.1, 0.15) is 17.3 Å². The number of rotatable bonds is 5. The number of ketones is 1. The van der Waals surface area contributed by atoms with Gasteiger partial charge in [0.15, 0.2) is 18.1 Å². The molecule has 28 heavy (non-hydrogen) atoms. The number of halogens is 3. The highest BCUT2D eigenvalue weighted by Gasteiger charge is 2.24. The van der Waals surface area contributed by atoms with E-state index >= 15 is 0 Å². The molecule has 0 aromatic heterocycles. The molecule has 0 bridgehead atoms. The number of hydrogen-bond acceptors (Lipinski definition) is 4. The van der Waals surface area contributed by atoms with Crippen molar-refractivity contribution in [3.8, 4) is 5.75 Å². The maximum Gasteiger partial charge on any atom is 0.260 e. The molecular weight excluding hydrogens is 406 g/mol. The van der Waals surface area contributed by atoms with Gasteiger partial charge in [0.1, 0.15) is 5.82 Å². The Kier molecular flexibility index (Phi) is 6.42. The van der Waals surface area contributed by atoms with Crippen LogP contribution >= 0.6 is 23.2 Å². The summed E-state index contributed by atoms with van der Waals surface area (Å²) in [5.41, 5.74) is 0.765. The highest BCUT2D eigenvalue weighted by atomic mass is 35.5. The lowest BCUT2D eigenvalue weighted by molar-refractivity contribution is -0.133. The molecule has 1 aliphatic heterocycles. The van der Waals surface area contributed by atoms with Gasteiger partial charge in [0.25, 0.3) is 5.91 Å². The van der Waals surface area contributed by atoms with Gasteiger partial charge in [-0.1, -0.05) is 29.3 Å². The van der Waals surface area contributed by atoms with Gasteiger partial charge in [-0.05, 0) is 37.3 Å². The van der Waals surface area contributed by atoms with Gasteiger partial charge in [-0.15, -0.1) is 0 Å². The summed E-state index contributed by atoms with van der Waals surface area (Å²) in [6, 6.07) is 9.43. The van der Waals surface area contributed by atoms with Crippen LogP contribution in [0.2, 0.25) is 10.0 Å². The third kappa shape index (κ3) is 4.56. The van der Waals surface area contributed by atoms with Crippen molar-refractivity contribution in [2.75, 3.05) is 37.7 Å². The SMILES string of the molecule is CC(=O)c1ccc(N2CCN(C(=O)COc3c(Cl)cccc3Cl)CC2)c(F)c1. The van der Waals surface area contributed by atoms with E-state index in [9.17, 15) is 14.0 Å². The van der Waals surface area contributed by atoms with Crippen LogP contribution < -0.4 is 9.64 Å². The number of carbonyl (C=O) groups excluding carboxylic acids is 2. The minimum absolute atomic E-state index is 0.175. The number of hydrogen-bond donors (Lipinski definition) is 0. The van der Waals surface area contributed by atoms with Gasteiger partial charge in [-0.2, -0.15) is 0 Å². The largest absolute Gasteiger partial charge is 0.481 e. The van der Waals surface area contributed by atoms with Crippen LogP contribution in [0.15, 0.2) is 36.4 Å². The second-order valence-electron chi connectivity index (χ2n) is 6.43. The molecule has 0 atom stereocenters. The summed E-state index contributed by atoms with van der Waals surface area (Å²) in [4.78, 5) is 27.3. The zero-order chi connectivity index (χ0) is 20.3. The van der Waals surface area contributed by atoms with Crippen molar-refractivity contribution < 1.29 is 18.7 Å². The van der Waals surface area contributed by atoms with E-state index < -0.39 is 5.82 Å². The first-order valence-electron chi connectivity index (χ1n) is 8.77. The van der Waals surface area contributed by atoms with E-state index in [1.165, 1.54) is 13.0 Å². The molecule has 0 spiro atoms. The topological polar surface area (TPSA) is 49.9 Å². The molecule has 8 heteroatoms. The van der Waals surface area contributed by atoms with Gasteiger partial charge in [0.2, 0.25) is 0 Å². The molecule has 5 nitrogen and oxygen atoms in total. The van der Waals surface area contributed by atoms with Crippen molar-refractivity contribution >= 4 is 40.6 Å². The predicted molar refractivity (Wildman–Crippen MR) is 107 cm³/mol. The lowest BCUT2D eigenvalue weighted by atomic mass is 10.1. The van der Waals surface area contributed by atoms with Gasteiger partial charge in [-0.25, -0.2) is 4.39 Å². The molecule has 1 amide bonds. The molecule has 2 aromatic carbocycles. The van der Waals surface area contributed by atoms with E-state index in [0.717, 1.165) is 0 Å². The van der Waals surface area contributed by atoms with Crippen LogP contribution in [0.5, 0.6) is 5.75 Å². The highest BCUT2D eigenvalue weighted by molar-refractivity contribution is 6.37. The van der Waals surface area contributed by atoms with Gasteiger partial charge in [0, 0.05) is 31.7 Å². The molecule has 0 unspecified atom stereocenters. The van der Waals surface area contributed by atoms with E-state index in [1.54, 1.807) is 35.2 Å². The monoisotopic (exact) mass is 424 g/mol. The molecule has 2 aromatic rings. The van der Waals surface area contributed by atoms with Gasteiger partial charge >= 0.3 is 0 Å². The highest BCUT2D eigenvalue weighted by Crippen LogP contribution is 2.32. The number of carbonyl (C=O) groups is 2. The summed E-state index contributed by atoms with van der Waals surface area (Å²) < 4.78 is 19.8. The first kappa shape index (κ1) is 20.4. The number of piperazine rings is 1. The average molecular weight is 425 g/mol. The van der Waals surface area contributed by atoms with Crippen molar-refractivity contribution in [1.29, 1.82) is 0 Å². The predicted octanol–water partition coefficient (Wildman–Crippen LogP) is 4.06. The Labute approximate surface area is 172 Å². The number of para-hydroxylation sites is 1. The smallest absolute Gasteiger partial charge is 0.260 e. The van der Waals surface area contributed by atoms with Gasteiger partial charge in [0.05, 0.1) is 15.7 Å². The standard InChI is InChI=1S/C20H19Cl2FN2O3/c1-13(26)14-5-6-18(17(23)11-14)24-7-9-25(10-8-24)19(27)12-28-20-15(21)3-2-4-16(20)22/h2-6,11H,7-10,12H2,1H3. The number of Topliss-reactive ketones (excluding diaryl/α,β-unsaturated/α-hetero) is 1. The second kappa shape index (κ2) is 8.80. The Morgan fingerprint density at radius 1 is 1.07 bits per heavy atom. The quantitative estimate of drug-likeness (QED) is 0.678. The van der Waals surface area contributed by atoms with Crippen LogP contribution in [-0.4, -0.2) is 49.4 Å². The molecule has 0 radical (unpaired) electrons. The van der Waals surface area contributed by atoms with Gasteiger partial charge < -0.3 is 14.5 Å². The molecule has 1 aliphatic rings. The van der Waals surface area contributed by atoms with E-state index in [0.29, 0.717) is 47.5 Å². The summed E-state index contributed by atoms with van der Waals surface area (Å²) in [5, 5.41) is 0.684. The molecule has 1 heterocycles. The summed E-state index contributed by atoms with van der Waals surface area (Å²) in [6.07, 6.45) is 0. The lowest BCUT2D eigenvalue weighted by Gasteiger charge is -2.36. The van der Waals surface area contributed by atoms with Crippen molar-refractivity contribution in [1.82, 2.24) is 4.90 Å². The first-order chi connectivity index (χ1) is 13.4. The van der Waals surface area contributed by atoms with Crippen LogP contribution in [0.25, 0.3) is 0 Å². The molecule has 3 rings (SSSR count). The van der Waals surface area contributed by atoms with Crippen molar-refractivity contribution in [3.63, 3.8) is 0 Å². The molecule has 0 N–H and O–H groups in total. The molecule has 1 saturated heterocycles. The Morgan fingerprint density at radius 3 is 2.29 bits per heavy atom. The molecular formula is C20H19Cl2FN2O3. The summed E-state index contributed by atoms with van der Waals surface area (Å²) in [6.45, 7) is 3.06. The third-order valence-electron chi connectivity index (χ3n) is 4.59. The maximum absolute atomic E-state index is 14.3. The summed E-state index contributed by atoms with van der Waals surface area (Å²) >= 11 is 12.1. The molecule has 148 valence electrons. The number of benzene rings is 2. The fourth-order valence-corrected chi connectivity index (χ4v) is 3.53. The minimum Gasteiger partial charge on any atom is -0.481 e. The zero-order valence-electron chi connectivity index (χ0n) is 15.3. The van der Waals surface area contributed by atoms with Crippen LogP contribution in [0, 0.1) is 5.82 Å². The number of nitrogens with zero attached hydrogens (tertiary/aromatic N) is 2. The number of ether oxygens (including phenoxy) is 1. The van der Waals surface area contributed by atoms with Crippen molar-refractivity contribution in [3.05, 3.63) is 57.8 Å². The molecule has 0 saturated carbocycles. The van der Waals surface area contributed by atoms with Gasteiger partial charge in [-0.3, -0.25) is 9.59 Å². The Bertz CT molecular complexity index is 879. The first-order valence-corrected chi connectivity index (χ1v) is 9.52. The molecule has 0 aliphatic carbocycles. The average Bonchev–Trinajstić information content (AvgIpc) is 2.67. The van der Waals surface area contributed by atoms with E-state index in [4.69, 9.17) is 27.9 Å². The number of amides is 1. The third-order valence-corrected chi connectivity index (χ3v) is 5.18. The minimum atomic E-state index is -0.441. The van der Waals surface area contributed by atoms with E-state index in [1.807, 2.05) is 4.90 Å². The normalized spacial score (nSPS) is 14.1. The van der Waals surface area contributed by atoms with Crippen molar-refractivity contribution in [2.45, 2.75) is 6.92 Å². The fourth-order valence-electron chi connectivity index (χ4n) is 3.02. The second-order valence-corrected chi connectivity index (χ2v) is 7.24. The Morgan fingerprint density at radius 2 is 1.71 bits per heavy atom. The Balaban J connectivity index is 1.56. The van der Waals surface area contributed by atoms with Crippen LogP contribution in [0.3, 0.4) is 0 Å².